The fourth-order valence-corrected chi connectivity index (χ4v) is 1.73. The molecule has 2 rings (SSSR count). The quantitative estimate of drug-likeness (QED) is 0.702. The molecule has 0 spiro atoms. The number of aliphatic hydroxyl groups is 1. The van der Waals surface area contributed by atoms with Crippen LogP contribution in [0.15, 0.2) is 30.3 Å². The molecule has 1 aliphatic rings. The summed E-state index contributed by atoms with van der Waals surface area (Å²) in [6, 6.07) is 6.59. The minimum atomic E-state index is -4.29. The van der Waals surface area contributed by atoms with Crippen molar-refractivity contribution in [3.05, 3.63) is 41.5 Å². The van der Waals surface area contributed by atoms with Crippen molar-refractivity contribution in [3.63, 3.8) is 0 Å². The second-order valence-corrected chi connectivity index (χ2v) is 3.56. The lowest BCUT2D eigenvalue weighted by molar-refractivity contribution is -0.161. The summed E-state index contributed by atoms with van der Waals surface area (Å²) in [5.74, 6) is -1.86. The highest BCUT2D eigenvalue weighted by Crippen LogP contribution is 2.36. The van der Waals surface area contributed by atoms with Crippen LogP contribution in [0.5, 0.6) is 0 Å². The fraction of sp³-hybridized carbons (Fsp3) is 0.273. The molecule has 0 fully saturated rings. The molecule has 80 valence electrons. The van der Waals surface area contributed by atoms with Crippen LogP contribution in [-0.2, 0) is 6.42 Å². The Balaban J connectivity index is 2.41. The summed E-state index contributed by atoms with van der Waals surface area (Å²) in [6.07, 6.45) is -3.51. The first-order valence-corrected chi connectivity index (χ1v) is 4.54. The average molecular weight is 214 g/mol. The highest BCUT2D eigenvalue weighted by Gasteiger charge is 2.40. The summed E-state index contributed by atoms with van der Waals surface area (Å²) in [6.45, 7) is 0. The Labute approximate surface area is 84.9 Å². The highest BCUT2D eigenvalue weighted by molar-refractivity contribution is 5.64. The zero-order chi connectivity index (χ0) is 11.1. The molecule has 0 amide bonds. The molecule has 1 aliphatic carbocycles. The third-order valence-electron chi connectivity index (χ3n) is 2.51. The van der Waals surface area contributed by atoms with Gasteiger partial charge in [-0.1, -0.05) is 24.3 Å². The smallest absolute Gasteiger partial charge is 0.395 e. The van der Waals surface area contributed by atoms with Crippen LogP contribution in [0, 0.1) is 5.92 Å². The predicted molar refractivity (Wildman–Crippen MR) is 50.3 cm³/mol. The Morgan fingerprint density at radius 3 is 2.53 bits per heavy atom. The molecule has 0 aromatic heterocycles. The van der Waals surface area contributed by atoms with Gasteiger partial charge in [0.15, 0.2) is 0 Å². The monoisotopic (exact) mass is 214 g/mol. The SMILES string of the molecule is OC1=CC(C(F)(F)F)Cc2ccccc21. The van der Waals surface area contributed by atoms with Gasteiger partial charge < -0.3 is 5.11 Å². The van der Waals surface area contributed by atoms with E-state index in [1.54, 1.807) is 24.3 Å². The van der Waals surface area contributed by atoms with E-state index in [1.807, 2.05) is 0 Å². The maximum atomic E-state index is 12.5. The van der Waals surface area contributed by atoms with Crippen LogP contribution in [0.2, 0.25) is 0 Å². The zero-order valence-electron chi connectivity index (χ0n) is 7.75. The Morgan fingerprint density at radius 2 is 1.87 bits per heavy atom. The van der Waals surface area contributed by atoms with Crippen molar-refractivity contribution < 1.29 is 18.3 Å². The molecule has 0 aliphatic heterocycles. The molecular formula is C11H9F3O. The predicted octanol–water partition coefficient (Wildman–Crippen LogP) is 3.32. The number of halogens is 3. The molecule has 1 aromatic rings. The number of hydrogen-bond acceptors (Lipinski definition) is 1. The lowest BCUT2D eigenvalue weighted by atomic mass is 9.88. The average Bonchev–Trinajstić information content (AvgIpc) is 2.16. The van der Waals surface area contributed by atoms with Gasteiger partial charge >= 0.3 is 6.18 Å². The van der Waals surface area contributed by atoms with Crippen LogP contribution in [0.4, 0.5) is 13.2 Å². The van der Waals surface area contributed by atoms with Gasteiger partial charge in [-0.05, 0) is 18.1 Å². The van der Waals surface area contributed by atoms with Crippen molar-refractivity contribution in [1.29, 1.82) is 0 Å². The fourth-order valence-electron chi connectivity index (χ4n) is 1.73. The molecule has 1 aromatic carbocycles. The van der Waals surface area contributed by atoms with Gasteiger partial charge in [0.25, 0.3) is 0 Å². The van der Waals surface area contributed by atoms with Crippen molar-refractivity contribution in [2.24, 2.45) is 5.92 Å². The number of allylic oxidation sites excluding steroid dienone is 1. The van der Waals surface area contributed by atoms with Gasteiger partial charge in [-0.3, -0.25) is 0 Å². The highest BCUT2D eigenvalue weighted by atomic mass is 19.4. The standard InChI is InChI=1S/C11H9F3O/c12-11(13,14)8-5-7-3-1-2-4-9(7)10(15)6-8/h1-4,6,8,15H,5H2. The van der Waals surface area contributed by atoms with Gasteiger partial charge in [-0.15, -0.1) is 0 Å². The Hall–Kier alpha value is -1.45. The first-order chi connectivity index (χ1) is 6.98. The van der Waals surface area contributed by atoms with Gasteiger partial charge in [-0.25, -0.2) is 0 Å². The van der Waals surface area contributed by atoms with Gasteiger partial charge in [-0.2, -0.15) is 13.2 Å². The van der Waals surface area contributed by atoms with Crippen molar-refractivity contribution in [2.75, 3.05) is 0 Å². The van der Waals surface area contributed by atoms with E-state index in [1.165, 1.54) is 0 Å². The summed E-state index contributed by atoms with van der Waals surface area (Å²) in [7, 11) is 0. The van der Waals surface area contributed by atoms with Crippen LogP contribution >= 0.6 is 0 Å². The largest absolute Gasteiger partial charge is 0.508 e. The van der Waals surface area contributed by atoms with E-state index in [0.29, 0.717) is 11.1 Å². The van der Waals surface area contributed by atoms with Crippen molar-refractivity contribution in [2.45, 2.75) is 12.6 Å². The Bertz CT molecular complexity index is 407. The van der Waals surface area contributed by atoms with Crippen LogP contribution in [0.3, 0.4) is 0 Å². The number of rotatable bonds is 0. The summed E-state index contributed by atoms with van der Waals surface area (Å²) >= 11 is 0. The third-order valence-corrected chi connectivity index (χ3v) is 2.51. The van der Waals surface area contributed by atoms with Crippen molar-refractivity contribution >= 4 is 5.76 Å². The maximum absolute atomic E-state index is 12.5. The first kappa shape index (κ1) is 10.1. The maximum Gasteiger partial charge on any atom is 0.395 e. The van der Waals surface area contributed by atoms with Gasteiger partial charge in [0.05, 0.1) is 5.92 Å². The number of hydrogen-bond donors (Lipinski definition) is 1. The molecule has 0 saturated carbocycles. The molecule has 15 heavy (non-hydrogen) atoms. The third kappa shape index (κ3) is 1.84. The minimum absolute atomic E-state index is 0.0935. The van der Waals surface area contributed by atoms with Gasteiger partial charge in [0, 0.05) is 5.56 Å². The van der Waals surface area contributed by atoms with Gasteiger partial charge in [0.2, 0.25) is 0 Å². The number of fused-ring (bicyclic) bond motifs is 1. The van der Waals surface area contributed by atoms with E-state index < -0.39 is 12.1 Å². The van der Waals surface area contributed by atoms with Gasteiger partial charge in [0.1, 0.15) is 5.76 Å². The summed E-state index contributed by atoms with van der Waals surface area (Å²) in [5.41, 5.74) is 1.04. The lowest BCUT2D eigenvalue weighted by Gasteiger charge is -2.23. The van der Waals surface area contributed by atoms with E-state index in [-0.39, 0.29) is 12.2 Å². The second kappa shape index (κ2) is 3.29. The number of aliphatic hydroxyl groups excluding tert-OH is 1. The summed E-state index contributed by atoms with van der Waals surface area (Å²) in [5, 5.41) is 9.46. The Kier molecular flexibility index (Phi) is 2.21. The molecule has 1 atom stereocenters. The minimum Gasteiger partial charge on any atom is -0.508 e. The van der Waals surface area contributed by atoms with E-state index in [2.05, 4.69) is 0 Å². The number of alkyl halides is 3. The van der Waals surface area contributed by atoms with E-state index in [0.717, 1.165) is 6.08 Å². The van der Waals surface area contributed by atoms with Crippen LogP contribution < -0.4 is 0 Å². The van der Waals surface area contributed by atoms with Crippen molar-refractivity contribution in [3.8, 4) is 0 Å². The molecule has 4 heteroatoms. The van der Waals surface area contributed by atoms with Crippen LogP contribution in [0.1, 0.15) is 11.1 Å². The molecule has 0 heterocycles. The van der Waals surface area contributed by atoms with Crippen LogP contribution in [0.25, 0.3) is 5.76 Å². The zero-order valence-corrected chi connectivity index (χ0v) is 7.75. The molecular weight excluding hydrogens is 205 g/mol. The molecule has 1 nitrogen and oxygen atoms in total. The van der Waals surface area contributed by atoms with Crippen LogP contribution in [-0.4, -0.2) is 11.3 Å². The molecule has 0 radical (unpaired) electrons. The molecule has 1 N–H and O–H groups in total. The first-order valence-electron chi connectivity index (χ1n) is 4.54. The normalized spacial score (nSPS) is 20.7. The summed E-state index contributed by atoms with van der Waals surface area (Å²) < 4.78 is 37.4. The topological polar surface area (TPSA) is 20.2 Å². The van der Waals surface area contributed by atoms with E-state index in [4.69, 9.17) is 0 Å². The molecule has 0 saturated heterocycles. The second-order valence-electron chi connectivity index (χ2n) is 3.56. The Morgan fingerprint density at radius 1 is 1.20 bits per heavy atom. The van der Waals surface area contributed by atoms with Crippen molar-refractivity contribution in [1.82, 2.24) is 0 Å². The summed E-state index contributed by atoms with van der Waals surface area (Å²) in [4.78, 5) is 0. The lowest BCUT2D eigenvalue weighted by Crippen LogP contribution is -2.26. The van der Waals surface area contributed by atoms with E-state index in [9.17, 15) is 18.3 Å². The van der Waals surface area contributed by atoms with E-state index >= 15 is 0 Å². The molecule has 1 unspecified atom stereocenters. The number of benzene rings is 1. The molecule has 0 bridgehead atoms.